The highest BCUT2D eigenvalue weighted by molar-refractivity contribution is 5.78. The van der Waals surface area contributed by atoms with Gasteiger partial charge in [-0.25, -0.2) is 0 Å². The summed E-state index contributed by atoms with van der Waals surface area (Å²) in [6.07, 6.45) is -2.05. The Hall–Kier alpha value is -1.00. The van der Waals surface area contributed by atoms with Gasteiger partial charge in [0.15, 0.2) is 0 Å². The number of rotatable bonds is 4. The zero-order valence-electron chi connectivity index (χ0n) is 9.89. The summed E-state index contributed by atoms with van der Waals surface area (Å²) in [6.45, 7) is 5.94. The molecule has 0 rings (SSSR count). The molecule has 0 saturated heterocycles. The summed E-state index contributed by atoms with van der Waals surface area (Å²) >= 11 is 0. The van der Waals surface area contributed by atoms with Crippen LogP contribution in [0.4, 0.5) is 13.2 Å². The van der Waals surface area contributed by atoms with Gasteiger partial charge in [0.05, 0.1) is 17.9 Å². The van der Waals surface area contributed by atoms with Crippen LogP contribution in [0.1, 0.15) is 27.7 Å². The van der Waals surface area contributed by atoms with Gasteiger partial charge in [0.2, 0.25) is 0 Å². The summed E-state index contributed by atoms with van der Waals surface area (Å²) in [7, 11) is 0. The van der Waals surface area contributed by atoms with E-state index in [-0.39, 0.29) is 6.61 Å². The summed E-state index contributed by atoms with van der Waals surface area (Å²) in [5.74, 6) is -2.10. The maximum atomic E-state index is 12.2. The Labute approximate surface area is 93.5 Å². The molecule has 0 heterocycles. The molecule has 0 N–H and O–H groups in total. The number of allylic oxidation sites excluding steroid dienone is 1. The van der Waals surface area contributed by atoms with E-state index in [9.17, 15) is 18.0 Å². The SMILES string of the molecule is CCOC(=O)C(C)(C)/C=C/C(C)C(F)(F)F. The predicted molar refractivity (Wildman–Crippen MR) is 54.8 cm³/mol. The van der Waals surface area contributed by atoms with Gasteiger partial charge >= 0.3 is 12.1 Å². The van der Waals surface area contributed by atoms with Crippen molar-refractivity contribution in [1.29, 1.82) is 0 Å². The summed E-state index contributed by atoms with van der Waals surface area (Å²) in [6, 6.07) is 0. The smallest absolute Gasteiger partial charge is 0.394 e. The fourth-order valence-electron chi connectivity index (χ4n) is 0.879. The van der Waals surface area contributed by atoms with Crippen LogP contribution in [0, 0.1) is 11.3 Å². The van der Waals surface area contributed by atoms with Gasteiger partial charge in [-0.05, 0) is 20.8 Å². The Morgan fingerprint density at radius 1 is 1.38 bits per heavy atom. The van der Waals surface area contributed by atoms with E-state index in [2.05, 4.69) is 0 Å². The molecule has 0 saturated carbocycles. The third-order valence-electron chi connectivity index (χ3n) is 2.12. The van der Waals surface area contributed by atoms with Crippen LogP contribution < -0.4 is 0 Å². The highest BCUT2D eigenvalue weighted by Crippen LogP contribution is 2.29. The van der Waals surface area contributed by atoms with Crippen LogP contribution in [-0.2, 0) is 9.53 Å². The molecule has 1 atom stereocenters. The molecule has 16 heavy (non-hydrogen) atoms. The third-order valence-corrected chi connectivity index (χ3v) is 2.12. The molecular formula is C11H17F3O2. The number of halogens is 3. The molecular weight excluding hydrogens is 221 g/mol. The fraction of sp³-hybridized carbons (Fsp3) is 0.727. The van der Waals surface area contributed by atoms with Crippen molar-refractivity contribution in [2.45, 2.75) is 33.9 Å². The Kier molecular flexibility index (Phi) is 5.03. The van der Waals surface area contributed by atoms with Crippen molar-refractivity contribution in [2.24, 2.45) is 11.3 Å². The maximum absolute atomic E-state index is 12.2. The monoisotopic (exact) mass is 238 g/mol. The summed E-state index contributed by atoms with van der Waals surface area (Å²) < 4.78 is 41.4. The van der Waals surface area contributed by atoms with Crippen molar-refractivity contribution in [2.75, 3.05) is 6.61 Å². The van der Waals surface area contributed by atoms with Crippen LogP contribution in [0.5, 0.6) is 0 Å². The van der Waals surface area contributed by atoms with E-state index in [1.165, 1.54) is 19.9 Å². The van der Waals surface area contributed by atoms with Gasteiger partial charge in [-0.2, -0.15) is 13.2 Å². The van der Waals surface area contributed by atoms with E-state index < -0.39 is 23.5 Å². The van der Waals surface area contributed by atoms with Crippen molar-refractivity contribution in [3.8, 4) is 0 Å². The first-order chi connectivity index (χ1) is 7.11. The Morgan fingerprint density at radius 2 is 1.88 bits per heavy atom. The largest absolute Gasteiger partial charge is 0.465 e. The topological polar surface area (TPSA) is 26.3 Å². The lowest BCUT2D eigenvalue weighted by atomic mass is 9.91. The summed E-state index contributed by atoms with van der Waals surface area (Å²) in [4.78, 5) is 11.4. The summed E-state index contributed by atoms with van der Waals surface area (Å²) in [5, 5.41) is 0. The molecule has 0 amide bonds. The van der Waals surface area contributed by atoms with Crippen LogP contribution in [-0.4, -0.2) is 18.8 Å². The van der Waals surface area contributed by atoms with Crippen molar-refractivity contribution in [3.05, 3.63) is 12.2 Å². The van der Waals surface area contributed by atoms with Gasteiger partial charge in [-0.3, -0.25) is 4.79 Å². The lowest BCUT2D eigenvalue weighted by Gasteiger charge is -2.19. The Bertz CT molecular complexity index is 267. The van der Waals surface area contributed by atoms with E-state index in [0.29, 0.717) is 0 Å². The van der Waals surface area contributed by atoms with Crippen molar-refractivity contribution in [3.63, 3.8) is 0 Å². The molecule has 1 unspecified atom stereocenters. The molecule has 0 aliphatic carbocycles. The predicted octanol–water partition coefficient (Wildman–Crippen LogP) is 3.33. The zero-order chi connectivity index (χ0) is 13.0. The molecule has 2 nitrogen and oxygen atoms in total. The minimum Gasteiger partial charge on any atom is -0.465 e. The first-order valence-electron chi connectivity index (χ1n) is 5.04. The van der Waals surface area contributed by atoms with Gasteiger partial charge in [0.25, 0.3) is 0 Å². The second-order valence-corrected chi connectivity index (χ2v) is 4.13. The van der Waals surface area contributed by atoms with Crippen LogP contribution >= 0.6 is 0 Å². The van der Waals surface area contributed by atoms with Crippen LogP contribution in [0.15, 0.2) is 12.2 Å². The Balaban J connectivity index is 4.58. The number of alkyl halides is 3. The van der Waals surface area contributed by atoms with E-state index >= 15 is 0 Å². The molecule has 0 aliphatic rings. The van der Waals surface area contributed by atoms with E-state index in [1.54, 1.807) is 6.92 Å². The molecule has 0 aromatic carbocycles. The van der Waals surface area contributed by atoms with Crippen LogP contribution in [0.3, 0.4) is 0 Å². The standard InChI is InChI=1S/C11H17F3O2/c1-5-16-9(15)10(3,4)7-6-8(2)11(12,13)14/h6-8H,5H2,1-4H3/b7-6+. The van der Waals surface area contributed by atoms with Crippen molar-refractivity contribution >= 4 is 5.97 Å². The van der Waals surface area contributed by atoms with E-state index in [4.69, 9.17) is 4.74 Å². The van der Waals surface area contributed by atoms with Gasteiger partial charge in [-0.15, -0.1) is 0 Å². The molecule has 94 valence electrons. The number of esters is 1. The second kappa shape index (κ2) is 5.37. The maximum Gasteiger partial charge on any atom is 0.394 e. The first-order valence-corrected chi connectivity index (χ1v) is 5.04. The van der Waals surface area contributed by atoms with Gasteiger partial charge < -0.3 is 4.74 Å². The van der Waals surface area contributed by atoms with Gasteiger partial charge in [0.1, 0.15) is 0 Å². The van der Waals surface area contributed by atoms with Crippen molar-refractivity contribution in [1.82, 2.24) is 0 Å². The molecule has 0 aromatic heterocycles. The lowest BCUT2D eigenvalue weighted by molar-refractivity contribution is -0.157. The lowest BCUT2D eigenvalue weighted by Crippen LogP contribution is -2.25. The quantitative estimate of drug-likeness (QED) is 0.554. The first kappa shape index (κ1) is 15.0. The second-order valence-electron chi connectivity index (χ2n) is 4.13. The van der Waals surface area contributed by atoms with Gasteiger partial charge in [-0.1, -0.05) is 19.1 Å². The minimum atomic E-state index is -4.28. The highest BCUT2D eigenvalue weighted by Gasteiger charge is 2.35. The van der Waals surface area contributed by atoms with E-state index in [1.807, 2.05) is 0 Å². The third kappa shape index (κ3) is 4.68. The Morgan fingerprint density at radius 3 is 2.25 bits per heavy atom. The molecule has 0 fully saturated rings. The number of carbonyl (C=O) groups excluding carboxylic acids is 1. The molecule has 0 aromatic rings. The van der Waals surface area contributed by atoms with Crippen molar-refractivity contribution < 1.29 is 22.7 Å². The summed E-state index contributed by atoms with van der Waals surface area (Å²) in [5.41, 5.74) is -1.03. The number of ether oxygens (including phenoxy) is 1. The molecule has 0 aliphatic heterocycles. The molecule has 0 spiro atoms. The van der Waals surface area contributed by atoms with Gasteiger partial charge in [0, 0.05) is 0 Å². The zero-order valence-corrected chi connectivity index (χ0v) is 9.89. The minimum absolute atomic E-state index is 0.213. The average Bonchev–Trinajstić information content (AvgIpc) is 2.13. The highest BCUT2D eigenvalue weighted by atomic mass is 19.4. The van der Waals surface area contributed by atoms with Crippen LogP contribution in [0.25, 0.3) is 0 Å². The fourth-order valence-corrected chi connectivity index (χ4v) is 0.879. The van der Waals surface area contributed by atoms with Crippen LogP contribution in [0.2, 0.25) is 0 Å². The normalized spacial score (nSPS) is 15.2. The molecule has 0 radical (unpaired) electrons. The number of hydrogen-bond acceptors (Lipinski definition) is 2. The molecule has 5 heteroatoms. The van der Waals surface area contributed by atoms with E-state index in [0.717, 1.165) is 13.0 Å². The average molecular weight is 238 g/mol. The number of hydrogen-bond donors (Lipinski definition) is 0. The molecule has 0 bridgehead atoms. The number of carbonyl (C=O) groups is 1.